The molecule has 2 rings (SSSR count). The Morgan fingerprint density at radius 2 is 2.00 bits per heavy atom. The monoisotopic (exact) mass is 275 g/mol. The summed E-state index contributed by atoms with van der Waals surface area (Å²) >= 11 is 0. The van der Waals surface area contributed by atoms with E-state index in [0.717, 1.165) is 23.0 Å². The molecule has 108 valence electrons. The number of hydrogen-bond donors (Lipinski definition) is 1. The van der Waals surface area contributed by atoms with Crippen molar-refractivity contribution in [2.24, 2.45) is 0 Å². The van der Waals surface area contributed by atoms with Crippen molar-refractivity contribution in [3.63, 3.8) is 0 Å². The molecule has 6 nitrogen and oxygen atoms in total. The summed E-state index contributed by atoms with van der Waals surface area (Å²) in [5.74, 6) is 2.17. The maximum absolute atomic E-state index is 5.39. The van der Waals surface area contributed by atoms with Gasteiger partial charge in [-0.2, -0.15) is 5.10 Å². The van der Waals surface area contributed by atoms with Crippen molar-refractivity contribution in [2.75, 3.05) is 19.0 Å². The lowest BCUT2D eigenvalue weighted by Crippen LogP contribution is -2.09. The van der Waals surface area contributed by atoms with Crippen LogP contribution in [0.4, 0.5) is 5.82 Å². The standard InChI is InChI=1S/C14H21N5O/c1-6-20-8-13-16-12(15-5)7-14(17-13)19-11(4)9(2)10(3)18-19/h7H,6,8H2,1-5H3,(H,15,16,17). The molecular formula is C14H21N5O. The quantitative estimate of drug-likeness (QED) is 0.906. The molecule has 6 heteroatoms. The van der Waals surface area contributed by atoms with Crippen molar-refractivity contribution in [3.8, 4) is 5.82 Å². The third kappa shape index (κ3) is 2.80. The number of nitrogens with one attached hydrogen (secondary N) is 1. The van der Waals surface area contributed by atoms with Gasteiger partial charge in [0.05, 0.1) is 5.69 Å². The zero-order chi connectivity index (χ0) is 14.7. The van der Waals surface area contributed by atoms with Crippen LogP contribution in [-0.4, -0.2) is 33.4 Å². The van der Waals surface area contributed by atoms with Crippen LogP contribution >= 0.6 is 0 Å². The number of rotatable bonds is 5. The van der Waals surface area contributed by atoms with Crippen molar-refractivity contribution in [1.29, 1.82) is 0 Å². The van der Waals surface area contributed by atoms with Gasteiger partial charge in [-0.3, -0.25) is 0 Å². The van der Waals surface area contributed by atoms with E-state index in [9.17, 15) is 0 Å². The molecule has 0 radical (unpaired) electrons. The van der Waals surface area contributed by atoms with Gasteiger partial charge < -0.3 is 10.1 Å². The van der Waals surface area contributed by atoms with E-state index in [0.29, 0.717) is 19.0 Å². The first-order valence-corrected chi connectivity index (χ1v) is 6.73. The molecule has 2 aromatic rings. The first kappa shape index (κ1) is 14.5. The van der Waals surface area contributed by atoms with E-state index in [2.05, 4.69) is 27.3 Å². The van der Waals surface area contributed by atoms with Gasteiger partial charge >= 0.3 is 0 Å². The van der Waals surface area contributed by atoms with Crippen LogP contribution in [0.5, 0.6) is 0 Å². The van der Waals surface area contributed by atoms with E-state index < -0.39 is 0 Å². The van der Waals surface area contributed by atoms with Crippen LogP contribution in [0.3, 0.4) is 0 Å². The normalized spacial score (nSPS) is 10.8. The molecule has 0 saturated heterocycles. The lowest BCUT2D eigenvalue weighted by Gasteiger charge is -2.09. The number of aryl methyl sites for hydroxylation is 1. The highest BCUT2D eigenvalue weighted by Gasteiger charge is 2.12. The van der Waals surface area contributed by atoms with Crippen LogP contribution in [0.25, 0.3) is 5.82 Å². The van der Waals surface area contributed by atoms with Crippen LogP contribution in [0.2, 0.25) is 0 Å². The van der Waals surface area contributed by atoms with Gasteiger partial charge in [-0.05, 0) is 33.3 Å². The second-order valence-electron chi connectivity index (χ2n) is 4.62. The minimum Gasteiger partial charge on any atom is -0.374 e. The predicted octanol–water partition coefficient (Wildman–Crippen LogP) is 2.17. The largest absolute Gasteiger partial charge is 0.374 e. The molecule has 2 aromatic heterocycles. The molecule has 0 saturated carbocycles. The minimum absolute atomic E-state index is 0.400. The summed E-state index contributed by atoms with van der Waals surface area (Å²) in [7, 11) is 1.84. The van der Waals surface area contributed by atoms with Gasteiger partial charge in [0, 0.05) is 25.4 Å². The van der Waals surface area contributed by atoms with E-state index in [4.69, 9.17) is 4.74 Å². The summed E-state index contributed by atoms with van der Waals surface area (Å²) in [4.78, 5) is 8.91. The van der Waals surface area contributed by atoms with Crippen molar-refractivity contribution >= 4 is 5.82 Å². The van der Waals surface area contributed by atoms with Gasteiger partial charge in [0.2, 0.25) is 0 Å². The lowest BCUT2D eigenvalue weighted by molar-refractivity contribution is 0.128. The number of aromatic nitrogens is 4. The van der Waals surface area contributed by atoms with Crippen LogP contribution in [0.15, 0.2) is 6.07 Å². The zero-order valence-corrected chi connectivity index (χ0v) is 12.7. The molecule has 0 amide bonds. The summed E-state index contributed by atoms with van der Waals surface area (Å²) in [6.45, 7) is 9.10. The van der Waals surface area contributed by atoms with Crippen molar-refractivity contribution in [1.82, 2.24) is 19.7 Å². The van der Waals surface area contributed by atoms with E-state index in [-0.39, 0.29) is 0 Å². The fourth-order valence-electron chi connectivity index (χ4n) is 1.92. The second kappa shape index (κ2) is 6.00. The van der Waals surface area contributed by atoms with E-state index in [1.807, 2.05) is 38.6 Å². The van der Waals surface area contributed by atoms with Gasteiger partial charge in [-0.25, -0.2) is 14.6 Å². The SMILES string of the molecule is CCOCc1nc(NC)cc(-n2nc(C)c(C)c2C)n1. The Balaban J connectivity index is 2.46. The molecule has 0 aliphatic rings. The molecule has 0 fully saturated rings. The highest BCUT2D eigenvalue weighted by molar-refractivity contribution is 5.42. The van der Waals surface area contributed by atoms with Gasteiger partial charge in [-0.1, -0.05) is 0 Å². The minimum atomic E-state index is 0.400. The van der Waals surface area contributed by atoms with Gasteiger partial charge in [0.15, 0.2) is 11.6 Å². The van der Waals surface area contributed by atoms with Gasteiger partial charge in [-0.15, -0.1) is 0 Å². The highest BCUT2D eigenvalue weighted by atomic mass is 16.5. The van der Waals surface area contributed by atoms with Crippen LogP contribution in [0, 0.1) is 20.8 Å². The highest BCUT2D eigenvalue weighted by Crippen LogP contribution is 2.17. The Bertz CT molecular complexity index is 606. The molecule has 0 spiro atoms. The van der Waals surface area contributed by atoms with Crippen molar-refractivity contribution in [3.05, 3.63) is 28.8 Å². The van der Waals surface area contributed by atoms with E-state index in [1.54, 1.807) is 0 Å². The first-order valence-electron chi connectivity index (χ1n) is 6.73. The van der Waals surface area contributed by atoms with Gasteiger partial charge in [0.1, 0.15) is 12.4 Å². The Morgan fingerprint density at radius 1 is 1.25 bits per heavy atom. The Labute approximate surface area is 119 Å². The maximum Gasteiger partial charge on any atom is 0.159 e. The Kier molecular flexibility index (Phi) is 4.34. The summed E-state index contributed by atoms with van der Waals surface area (Å²) in [5, 5.41) is 7.58. The summed E-state index contributed by atoms with van der Waals surface area (Å²) < 4.78 is 7.24. The third-order valence-corrected chi connectivity index (χ3v) is 3.32. The fourth-order valence-corrected chi connectivity index (χ4v) is 1.92. The third-order valence-electron chi connectivity index (χ3n) is 3.32. The molecule has 20 heavy (non-hydrogen) atoms. The van der Waals surface area contributed by atoms with E-state index in [1.165, 1.54) is 5.56 Å². The van der Waals surface area contributed by atoms with E-state index >= 15 is 0 Å². The molecule has 0 aliphatic heterocycles. The predicted molar refractivity (Wildman–Crippen MR) is 78.2 cm³/mol. The maximum atomic E-state index is 5.39. The number of nitrogens with zero attached hydrogens (tertiary/aromatic N) is 4. The molecule has 0 bridgehead atoms. The fraction of sp³-hybridized carbons (Fsp3) is 0.500. The number of ether oxygens (including phenoxy) is 1. The molecular weight excluding hydrogens is 254 g/mol. The molecule has 0 aromatic carbocycles. The molecule has 2 heterocycles. The van der Waals surface area contributed by atoms with Crippen LogP contribution < -0.4 is 5.32 Å². The summed E-state index contributed by atoms with van der Waals surface area (Å²) in [6, 6.07) is 1.88. The summed E-state index contributed by atoms with van der Waals surface area (Å²) in [5.41, 5.74) is 3.28. The first-order chi connectivity index (χ1) is 9.56. The number of anilines is 1. The topological polar surface area (TPSA) is 64.9 Å². The summed E-state index contributed by atoms with van der Waals surface area (Å²) in [6.07, 6.45) is 0. The van der Waals surface area contributed by atoms with Gasteiger partial charge in [0.25, 0.3) is 0 Å². The molecule has 0 unspecified atom stereocenters. The molecule has 0 aliphatic carbocycles. The molecule has 1 N–H and O–H groups in total. The lowest BCUT2D eigenvalue weighted by atomic mass is 10.2. The Hall–Kier alpha value is -1.95. The smallest absolute Gasteiger partial charge is 0.159 e. The Morgan fingerprint density at radius 3 is 2.55 bits per heavy atom. The average molecular weight is 275 g/mol. The van der Waals surface area contributed by atoms with Crippen LogP contribution in [-0.2, 0) is 11.3 Å². The van der Waals surface area contributed by atoms with Crippen LogP contribution in [0.1, 0.15) is 29.7 Å². The average Bonchev–Trinajstić information content (AvgIpc) is 2.72. The number of hydrogen-bond acceptors (Lipinski definition) is 5. The second-order valence-corrected chi connectivity index (χ2v) is 4.62. The van der Waals surface area contributed by atoms with Crippen molar-refractivity contribution in [2.45, 2.75) is 34.3 Å². The van der Waals surface area contributed by atoms with Crippen molar-refractivity contribution < 1.29 is 4.74 Å². The molecule has 0 atom stereocenters. The zero-order valence-electron chi connectivity index (χ0n) is 12.7.